The Kier molecular flexibility index (Phi) is 6.69. The molecule has 0 fully saturated rings. The summed E-state index contributed by atoms with van der Waals surface area (Å²) in [5.74, 6) is 1.07. The first-order valence-electron chi connectivity index (χ1n) is 7.70. The van der Waals surface area contributed by atoms with E-state index in [2.05, 4.69) is 19.2 Å². The molecular weight excluding hydrogens is 264 g/mol. The summed E-state index contributed by atoms with van der Waals surface area (Å²) >= 11 is 0. The van der Waals surface area contributed by atoms with E-state index in [0.29, 0.717) is 24.6 Å². The van der Waals surface area contributed by atoms with Gasteiger partial charge in [0.15, 0.2) is 0 Å². The highest BCUT2D eigenvalue weighted by atomic mass is 16.5. The van der Waals surface area contributed by atoms with Crippen LogP contribution < -0.4 is 15.8 Å². The first-order chi connectivity index (χ1) is 9.90. The van der Waals surface area contributed by atoms with Gasteiger partial charge < -0.3 is 15.8 Å². The summed E-state index contributed by atoms with van der Waals surface area (Å²) in [6.45, 7) is 9.38. The van der Waals surface area contributed by atoms with Crippen LogP contribution in [0.5, 0.6) is 5.75 Å². The number of benzene rings is 1. The maximum atomic E-state index is 12.2. The number of hydrogen-bond acceptors (Lipinski definition) is 3. The maximum absolute atomic E-state index is 12.2. The van der Waals surface area contributed by atoms with E-state index in [1.165, 1.54) is 0 Å². The van der Waals surface area contributed by atoms with Gasteiger partial charge in [-0.15, -0.1) is 0 Å². The lowest BCUT2D eigenvalue weighted by Gasteiger charge is -2.26. The van der Waals surface area contributed by atoms with E-state index in [0.717, 1.165) is 18.6 Å². The topological polar surface area (TPSA) is 64.3 Å². The molecule has 21 heavy (non-hydrogen) atoms. The molecule has 0 aliphatic heterocycles. The number of carbonyl (C=O) groups is 1. The second-order valence-corrected chi connectivity index (χ2v) is 5.98. The molecule has 0 aliphatic carbocycles. The van der Waals surface area contributed by atoms with Crippen molar-refractivity contribution in [3.63, 3.8) is 0 Å². The second-order valence-electron chi connectivity index (χ2n) is 5.98. The van der Waals surface area contributed by atoms with E-state index in [1.54, 1.807) is 12.1 Å². The first kappa shape index (κ1) is 17.5. The predicted octanol–water partition coefficient (Wildman–Crippen LogP) is 2.97. The van der Waals surface area contributed by atoms with Gasteiger partial charge in [0.05, 0.1) is 6.61 Å². The standard InChI is InChI=1S/C17H28N2O2/c1-5-17(18,6-2)12-19-16(20)14-8-7-9-15(10-14)21-11-13(3)4/h7-10,13H,5-6,11-12,18H2,1-4H3,(H,19,20). The highest BCUT2D eigenvalue weighted by Crippen LogP contribution is 2.15. The van der Waals surface area contributed by atoms with Crippen LogP contribution in [0.2, 0.25) is 0 Å². The Morgan fingerprint density at radius 3 is 2.57 bits per heavy atom. The highest BCUT2D eigenvalue weighted by Gasteiger charge is 2.21. The zero-order valence-corrected chi connectivity index (χ0v) is 13.6. The van der Waals surface area contributed by atoms with Gasteiger partial charge in [-0.3, -0.25) is 4.79 Å². The fraction of sp³-hybridized carbons (Fsp3) is 0.588. The minimum Gasteiger partial charge on any atom is -0.493 e. The highest BCUT2D eigenvalue weighted by molar-refractivity contribution is 5.94. The largest absolute Gasteiger partial charge is 0.493 e. The van der Waals surface area contributed by atoms with Crippen LogP contribution in [-0.2, 0) is 0 Å². The van der Waals surface area contributed by atoms with Gasteiger partial charge in [-0.05, 0) is 37.0 Å². The van der Waals surface area contributed by atoms with E-state index >= 15 is 0 Å². The molecule has 0 saturated carbocycles. The molecule has 0 aliphatic rings. The lowest BCUT2D eigenvalue weighted by molar-refractivity contribution is 0.0941. The van der Waals surface area contributed by atoms with Crippen LogP contribution in [0.3, 0.4) is 0 Å². The van der Waals surface area contributed by atoms with Gasteiger partial charge in [0.25, 0.3) is 5.91 Å². The summed E-state index contributed by atoms with van der Waals surface area (Å²) < 4.78 is 5.64. The molecule has 1 rings (SSSR count). The van der Waals surface area contributed by atoms with Crippen molar-refractivity contribution in [2.24, 2.45) is 11.7 Å². The van der Waals surface area contributed by atoms with Crippen molar-refractivity contribution < 1.29 is 9.53 Å². The number of amides is 1. The Labute approximate surface area is 128 Å². The Bertz CT molecular complexity index is 454. The molecule has 1 amide bonds. The summed E-state index contributed by atoms with van der Waals surface area (Å²) in [5, 5.41) is 2.91. The molecule has 0 spiro atoms. The fourth-order valence-electron chi connectivity index (χ4n) is 1.85. The minimum atomic E-state index is -0.332. The molecule has 3 N–H and O–H groups in total. The van der Waals surface area contributed by atoms with Gasteiger partial charge in [0.1, 0.15) is 5.75 Å². The van der Waals surface area contributed by atoms with Crippen molar-refractivity contribution in [1.82, 2.24) is 5.32 Å². The van der Waals surface area contributed by atoms with Crippen molar-refractivity contribution in [1.29, 1.82) is 0 Å². The Morgan fingerprint density at radius 1 is 1.33 bits per heavy atom. The van der Waals surface area contributed by atoms with Crippen LogP contribution in [0.15, 0.2) is 24.3 Å². The Balaban J connectivity index is 2.64. The third kappa shape index (κ3) is 5.76. The maximum Gasteiger partial charge on any atom is 0.251 e. The van der Waals surface area contributed by atoms with Gasteiger partial charge in [0.2, 0.25) is 0 Å². The zero-order valence-electron chi connectivity index (χ0n) is 13.6. The van der Waals surface area contributed by atoms with E-state index in [-0.39, 0.29) is 11.4 Å². The van der Waals surface area contributed by atoms with Gasteiger partial charge in [-0.1, -0.05) is 33.8 Å². The number of nitrogens with two attached hydrogens (primary N) is 1. The lowest BCUT2D eigenvalue weighted by atomic mass is 9.94. The summed E-state index contributed by atoms with van der Waals surface area (Å²) in [6.07, 6.45) is 1.67. The van der Waals surface area contributed by atoms with Crippen molar-refractivity contribution in [2.45, 2.75) is 46.1 Å². The molecule has 4 nitrogen and oxygen atoms in total. The summed E-state index contributed by atoms with van der Waals surface area (Å²) in [5.41, 5.74) is 6.47. The molecule has 0 bridgehead atoms. The number of nitrogens with one attached hydrogen (secondary N) is 1. The number of hydrogen-bond donors (Lipinski definition) is 2. The Hall–Kier alpha value is -1.55. The SMILES string of the molecule is CCC(N)(CC)CNC(=O)c1cccc(OCC(C)C)c1. The molecule has 0 radical (unpaired) electrons. The van der Waals surface area contributed by atoms with Crippen LogP contribution in [0.4, 0.5) is 0 Å². The van der Waals surface area contributed by atoms with E-state index in [4.69, 9.17) is 10.5 Å². The van der Waals surface area contributed by atoms with Crippen LogP contribution in [-0.4, -0.2) is 24.6 Å². The van der Waals surface area contributed by atoms with Gasteiger partial charge in [-0.2, -0.15) is 0 Å². The monoisotopic (exact) mass is 292 g/mol. The predicted molar refractivity (Wildman–Crippen MR) is 86.6 cm³/mol. The molecule has 0 aromatic heterocycles. The molecule has 1 aromatic rings. The average Bonchev–Trinajstić information content (AvgIpc) is 2.50. The van der Waals surface area contributed by atoms with Crippen LogP contribution in [0, 0.1) is 5.92 Å². The lowest BCUT2D eigenvalue weighted by Crippen LogP contribution is -2.49. The average molecular weight is 292 g/mol. The smallest absolute Gasteiger partial charge is 0.251 e. The molecule has 1 aromatic carbocycles. The molecule has 118 valence electrons. The van der Waals surface area contributed by atoms with Crippen molar-refractivity contribution in [3.05, 3.63) is 29.8 Å². The third-order valence-electron chi connectivity index (χ3n) is 3.69. The normalized spacial score (nSPS) is 11.5. The van der Waals surface area contributed by atoms with Gasteiger partial charge >= 0.3 is 0 Å². The van der Waals surface area contributed by atoms with Gasteiger partial charge in [-0.25, -0.2) is 0 Å². The van der Waals surface area contributed by atoms with Crippen molar-refractivity contribution in [3.8, 4) is 5.75 Å². The minimum absolute atomic E-state index is 0.110. The van der Waals surface area contributed by atoms with E-state index in [9.17, 15) is 4.79 Å². The summed E-state index contributed by atoms with van der Waals surface area (Å²) in [4.78, 5) is 12.2. The second kappa shape index (κ2) is 8.03. The molecule has 4 heteroatoms. The molecule has 0 saturated heterocycles. The third-order valence-corrected chi connectivity index (χ3v) is 3.69. The number of carbonyl (C=O) groups excluding carboxylic acids is 1. The van der Waals surface area contributed by atoms with Crippen molar-refractivity contribution in [2.75, 3.05) is 13.2 Å². The van der Waals surface area contributed by atoms with Crippen molar-refractivity contribution >= 4 is 5.91 Å². The summed E-state index contributed by atoms with van der Waals surface area (Å²) in [7, 11) is 0. The van der Waals surface area contributed by atoms with Crippen LogP contribution in [0.25, 0.3) is 0 Å². The van der Waals surface area contributed by atoms with Gasteiger partial charge in [0, 0.05) is 17.6 Å². The Morgan fingerprint density at radius 2 is 2.00 bits per heavy atom. The van der Waals surface area contributed by atoms with E-state index < -0.39 is 0 Å². The fourth-order valence-corrected chi connectivity index (χ4v) is 1.85. The van der Waals surface area contributed by atoms with E-state index in [1.807, 2.05) is 26.0 Å². The van der Waals surface area contributed by atoms with Crippen LogP contribution in [0.1, 0.15) is 50.9 Å². The first-order valence-corrected chi connectivity index (χ1v) is 7.70. The molecule has 0 atom stereocenters. The summed E-state index contributed by atoms with van der Waals surface area (Å²) in [6, 6.07) is 7.26. The van der Waals surface area contributed by atoms with Crippen LogP contribution >= 0.6 is 0 Å². The zero-order chi connectivity index (χ0) is 15.9. The molecule has 0 unspecified atom stereocenters. The quantitative estimate of drug-likeness (QED) is 0.774. The molecule has 0 heterocycles. The molecular formula is C17H28N2O2. The number of rotatable bonds is 8. The number of ether oxygens (including phenoxy) is 1.